The van der Waals surface area contributed by atoms with Gasteiger partial charge in [0, 0.05) is 0 Å². The summed E-state index contributed by atoms with van der Waals surface area (Å²) in [6.07, 6.45) is 5.85. The van der Waals surface area contributed by atoms with Crippen LogP contribution in [0.4, 0.5) is 0 Å². The third-order valence-corrected chi connectivity index (χ3v) is 8.99. The van der Waals surface area contributed by atoms with Crippen LogP contribution < -0.4 is 0 Å². The summed E-state index contributed by atoms with van der Waals surface area (Å²) in [6, 6.07) is 22.1. The van der Waals surface area contributed by atoms with Crippen molar-refractivity contribution < 1.29 is 17.9 Å². The predicted octanol–water partition coefficient (Wildman–Crippen LogP) is 5.24. The molecule has 0 aromatic heterocycles. The standard InChI is InChI=1S/2C7H7.C6H7.Ti/c2*1-7-5-3-2-4-6-7;1-6-4-2-3-5-6;/h2*2-6H,1H2;2,4H,3H2,1H3;. The zero-order chi connectivity index (χ0) is 14.5. The van der Waals surface area contributed by atoms with Gasteiger partial charge in [-0.3, -0.25) is 0 Å². The monoisotopic (exact) mass is 309 g/mol. The van der Waals surface area contributed by atoms with Crippen LogP contribution in [0.2, 0.25) is 0 Å². The fourth-order valence-corrected chi connectivity index (χ4v) is 7.77. The molecule has 3 rings (SSSR count). The average molecular weight is 309 g/mol. The summed E-state index contributed by atoms with van der Waals surface area (Å²) in [5.74, 6) is 0. The van der Waals surface area contributed by atoms with Gasteiger partial charge in [-0.2, -0.15) is 0 Å². The second-order valence-electron chi connectivity index (χ2n) is 5.70. The minimum absolute atomic E-state index is 1.20. The van der Waals surface area contributed by atoms with Crippen molar-refractivity contribution in [2.75, 3.05) is 0 Å². The molecule has 105 valence electrons. The number of allylic oxidation sites excluding steroid dienone is 4. The number of hydrogen-bond donors (Lipinski definition) is 0. The van der Waals surface area contributed by atoms with Crippen molar-refractivity contribution in [1.29, 1.82) is 0 Å². The Kier molecular flexibility index (Phi) is 4.90. The first-order valence-corrected chi connectivity index (χ1v) is 10.6. The van der Waals surface area contributed by atoms with Gasteiger partial charge in [0.15, 0.2) is 0 Å². The van der Waals surface area contributed by atoms with Gasteiger partial charge in [0.05, 0.1) is 0 Å². The van der Waals surface area contributed by atoms with Gasteiger partial charge in [-0.25, -0.2) is 0 Å². The average Bonchev–Trinajstić information content (AvgIpc) is 2.95. The molecule has 0 atom stereocenters. The SMILES string of the molecule is CC1=[C]([Ti]([CH2]c2ccccc2)[CH2]c2ccccc2)CC=C1. The summed E-state index contributed by atoms with van der Waals surface area (Å²) in [4.78, 5) is 0. The van der Waals surface area contributed by atoms with Gasteiger partial charge in [0.25, 0.3) is 0 Å². The van der Waals surface area contributed by atoms with Crippen molar-refractivity contribution in [2.24, 2.45) is 0 Å². The van der Waals surface area contributed by atoms with Gasteiger partial charge < -0.3 is 0 Å². The maximum atomic E-state index is 2.34. The van der Waals surface area contributed by atoms with E-state index in [1.54, 1.807) is 3.88 Å². The molecule has 0 aliphatic heterocycles. The summed E-state index contributed by atoms with van der Waals surface area (Å²) >= 11 is -1.30. The molecule has 0 saturated heterocycles. The zero-order valence-electron chi connectivity index (χ0n) is 12.5. The molecule has 0 heterocycles. The third kappa shape index (κ3) is 3.84. The molecule has 2 aromatic carbocycles. The Hall–Kier alpha value is -1.37. The van der Waals surface area contributed by atoms with E-state index in [-0.39, 0.29) is 0 Å². The van der Waals surface area contributed by atoms with E-state index in [0.717, 1.165) is 0 Å². The molecule has 0 N–H and O–H groups in total. The summed E-state index contributed by atoms with van der Waals surface area (Å²) in [6.45, 7) is 2.29. The van der Waals surface area contributed by atoms with E-state index < -0.39 is 17.9 Å². The quantitative estimate of drug-likeness (QED) is 0.663. The van der Waals surface area contributed by atoms with Gasteiger partial charge in [0.2, 0.25) is 0 Å². The molecule has 1 aliphatic rings. The van der Waals surface area contributed by atoms with E-state index >= 15 is 0 Å². The van der Waals surface area contributed by atoms with Gasteiger partial charge >= 0.3 is 134 Å². The first-order valence-electron chi connectivity index (χ1n) is 7.62. The van der Waals surface area contributed by atoms with Crippen molar-refractivity contribution in [3.05, 3.63) is 93.4 Å². The topological polar surface area (TPSA) is 0 Å². The van der Waals surface area contributed by atoms with Gasteiger partial charge in [-0.1, -0.05) is 0 Å². The molecule has 0 saturated carbocycles. The van der Waals surface area contributed by atoms with Crippen LogP contribution in [0.3, 0.4) is 0 Å². The molecule has 0 bridgehead atoms. The maximum absolute atomic E-state index is 2.34. The van der Waals surface area contributed by atoms with Crippen LogP contribution in [0.1, 0.15) is 24.5 Å². The van der Waals surface area contributed by atoms with E-state index in [1.807, 2.05) is 0 Å². The van der Waals surface area contributed by atoms with Crippen LogP contribution in [0.15, 0.2) is 82.3 Å². The molecular formula is C20H21Ti. The van der Waals surface area contributed by atoms with Crippen molar-refractivity contribution in [3.63, 3.8) is 0 Å². The predicted molar refractivity (Wildman–Crippen MR) is 86.7 cm³/mol. The molecule has 21 heavy (non-hydrogen) atoms. The third-order valence-electron chi connectivity index (χ3n) is 4.11. The zero-order valence-corrected chi connectivity index (χ0v) is 14.1. The van der Waals surface area contributed by atoms with Crippen molar-refractivity contribution in [3.8, 4) is 0 Å². The van der Waals surface area contributed by atoms with E-state index in [9.17, 15) is 0 Å². The van der Waals surface area contributed by atoms with Gasteiger partial charge in [0.1, 0.15) is 0 Å². The Bertz CT molecular complexity index is 597. The molecule has 0 unspecified atom stereocenters. The normalized spacial score (nSPS) is 13.8. The molecule has 1 aliphatic carbocycles. The fourth-order valence-electron chi connectivity index (χ4n) is 3.00. The van der Waals surface area contributed by atoms with E-state index in [4.69, 9.17) is 0 Å². The van der Waals surface area contributed by atoms with Crippen LogP contribution in [0.5, 0.6) is 0 Å². The van der Waals surface area contributed by atoms with E-state index in [2.05, 4.69) is 79.7 Å². The summed E-state index contributed by atoms with van der Waals surface area (Å²) in [5.41, 5.74) is 4.56. The van der Waals surface area contributed by atoms with Crippen molar-refractivity contribution in [2.45, 2.75) is 22.8 Å². The van der Waals surface area contributed by atoms with Gasteiger partial charge in [-0.15, -0.1) is 0 Å². The number of rotatable bonds is 5. The van der Waals surface area contributed by atoms with E-state index in [1.165, 1.54) is 32.6 Å². The Morgan fingerprint density at radius 2 is 1.33 bits per heavy atom. The minimum atomic E-state index is -1.30. The second kappa shape index (κ2) is 7.07. The molecule has 1 heteroatoms. The van der Waals surface area contributed by atoms with Gasteiger partial charge in [-0.05, 0) is 0 Å². The first kappa shape index (κ1) is 14.6. The fraction of sp³-hybridized carbons (Fsp3) is 0.200. The van der Waals surface area contributed by atoms with Crippen LogP contribution in [-0.4, -0.2) is 0 Å². The summed E-state index contributed by atoms with van der Waals surface area (Å²) < 4.78 is 4.37. The first-order chi connectivity index (χ1) is 10.3. The van der Waals surface area contributed by atoms with Crippen LogP contribution in [0, 0.1) is 0 Å². The molecule has 0 nitrogen and oxygen atoms in total. The number of hydrogen-bond acceptors (Lipinski definition) is 0. The summed E-state index contributed by atoms with van der Waals surface area (Å²) in [5, 5.41) is 0. The Labute approximate surface area is 134 Å². The molecule has 0 fully saturated rings. The Morgan fingerprint density at radius 3 is 1.76 bits per heavy atom. The van der Waals surface area contributed by atoms with Crippen LogP contribution in [-0.2, 0) is 27.3 Å². The van der Waals surface area contributed by atoms with E-state index in [0.29, 0.717) is 0 Å². The van der Waals surface area contributed by atoms with Crippen molar-refractivity contribution in [1.82, 2.24) is 0 Å². The summed E-state index contributed by atoms with van der Waals surface area (Å²) in [7, 11) is 0. The second-order valence-corrected chi connectivity index (χ2v) is 9.63. The van der Waals surface area contributed by atoms with Crippen LogP contribution in [0.25, 0.3) is 0 Å². The van der Waals surface area contributed by atoms with Crippen LogP contribution >= 0.6 is 0 Å². The van der Waals surface area contributed by atoms with Crippen molar-refractivity contribution >= 4 is 0 Å². The molecular weight excluding hydrogens is 288 g/mol. The Morgan fingerprint density at radius 1 is 0.810 bits per heavy atom. The molecule has 0 spiro atoms. The molecule has 2 aromatic rings. The number of benzene rings is 2. The molecule has 0 amide bonds. The molecule has 0 radical (unpaired) electrons. The Balaban J connectivity index is 1.83.